The van der Waals surface area contributed by atoms with Crippen LogP contribution in [0.2, 0.25) is 0 Å². The molecule has 4 aromatic rings. The molecule has 1 fully saturated rings. The molecule has 9 nitrogen and oxygen atoms in total. The van der Waals surface area contributed by atoms with Crippen LogP contribution in [0.15, 0.2) is 82.2 Å². The number of ether oxygens (including phenoxy) is 3. The van der Waals surface area contributed by atoms with Gasteiger partial charge in [-0.05, 0) is 35.4 Å². The Balaban J connectivity index is 1.45. The fourth-order valence-electron chi connectivity index (χ4n) is 4.79. The quantitative estimate of drug-likeness (QED) is 0.288. The summed E-state index contributed by atoms with van der Waals surface area (Å²) in [7, 11) is -2.34. The molecule has 0 unspecified atom stereocenters. The van der Waals surface area contributed by atoms with Gasteiger partial charge < -0.3 is 18.7 Å². The molecular weight excluding hydrogens is 539 g/mol. The summed E-state index contributed by atoms with van der Waals surface area (Å²) in [5, 5.41) is 9.37. The van der Waals surface area contributed by atoms with Gasteiger partial charge in [0.05, 0.1) is 16.1 Å². The summed E-state index contributed by atoms with van der Waals surface area (Å²) < 4.78 is 60.5. The third-order valence-corrected chi connectivity index (χ3v) is 7.85. The minimum Gasteiger partial charge on any atom is -0.485 e. The molecule has 1 saturated heterocycles. The average Bonchev–Trinajstić information content (AvgIpc) is 3.41. The molecule has 0 spiro atoms. The molecule has 11 heteroatoms. The van der Waals surface area contributed by atoms with Crippen LogP contribution in [-0.4, -0.2) is 46.3 Å². The second kappa shape index (κ2) is 11.3. The number of hydrogen-bond donors (Lipinski definition) is 1. The van der Waals surface area contributed by atoms with E-state index in [1.54, 1.807) is 25.3 Å². The molecule has 1 aliphatic heterocycles. The van der Waals surface area contributed by atoms with Crippen molar-refractivity contribution in [3.63, 3.8) is 0 Å². The van der Waals surface area contributed by atoms with E-state index in [9.17, 15) is 17.6 Å². The van der Waals surface area contributed by atoms with Crippen LogP contribution in [0.4, 0.5) is 4.39 Å². The van der Waals surface area contributed by atoms with Crippen molar-refractivity contribution in [3.05, 3.63) is 89.9 Å². The molecule has 5 rings (SSSR count). The number of benzene rings is 3. The van der Waals surface area contributed by atoms with E-state index in [1.165, 1.54) is 36.4 Å². The smallest absolute Gasteiger partial charge is 0.238 e. The number of nitrogens with zero attached hydrogens (tertiary/aromatic N) is 1. The summed E-state index contributed by atoms with van der Waals surface area (Å²) >= 11 is 0. The maximum Gasteiger partial charge on any atom is 0.238 e. The fourth-order valence-corrected chi connectivity index (χ4v) is 5.30. The molecular formula is C29H27FN2O7S. The number of sulfonamides is 1. The zero-order valence-electron chi connectivity index (χ0n) is 21.6. The number of hydrogen-bond acceptors (Lipinski definition) is 8. The Morgan fingerprint density at radius 1 is 1.02 bits per heavy atom. The second-order valence-corrected chi connectivity index (χ2v) is 10.9. The van der Waals surface area contributed by atoms with E-state index >= 15 is 0 Å². The van der Waals surface area contributed by atoms with Crippen LogP contribution in [0, 0.1) is 5.82 Å². The van der Waals surface area contributed by atoms with Crippen LogP contribution in [-0.2, 0) is 25.1 Å². The van der Waals surface area contributed by atoms with Gasteiger partial charge in [0.1, 0.15) is 17.3 Å². The number of ketones is 1. The standard InChI is InChI=1S/C29H27FN2O7S/c1-36-29(11-13-37-14-12-29)21-15-22(30)17-23(16-21)38-18-25(33)28-26(19-7-9-24(10-8-19)40(31,34)35)27(32-39-28)20-5-3-2-4-6-20/h2-10,15-17H,11-14,18H2,1H3,(H2,31,34,35). The van der Waals surface area contributed by atoms with Crippen molar-refractivity contribution >= 4 is 15.8 Å². The maximum atomic E-state index is 14.6. The van der Waals surface area contributed by atoms with Crippen molar-refractivity contribution in [1.82, 2.24) is 5.16 Å². The molecule has 2 heterocycles. The molecule has 2 N–H and O–H groups in total. The highest BCUT2D eigenvalue weighted by molar-refractivity contribution is 7.89. The molecule has 3 aromatic carbocycles. The van der Waals surface area contributed by atoms with Crippen molar-refractivity contribution < 1.29 is 36.3 Å². The van der Waals surface area contributed by atoms with Gasteiger partial charge in [-0.15, -0.1) is 0 Å². The summed E-state index contributed by atoms with van der Waals surface area (Å²) in [6.07, 6.45) is 1.11. The first-order valence-corrected chi connectivity index (χ1v) is 14.0. The lowest BCUT2D eigenvalue weighted by atomic mass is 9.86. The van der Waals surface area contributed by atoms with Crippen molar-refractivity contribution in [2.45, 2.75) is 23.3 Å². The van der Waals surface area contributed by atoms with E-state index in [-0.39, 0.29) is 16.4 Å². The Bertz CT molecular complexity index is 1610. The van der Waals surface area contributed by atoms with Gasteiger partial charge in [-0.25, -0.2) is 17.9 Å². The molecule has 1 aliphatic rings. The van der Waals surface area contributed by atoms with Crippen LogP contribution >= 0.6 is 0 Å². The van der Waals surface area contributed by atoms with Crippen molar-refractivity contribution in [2.24, 2.45) is 5.14 Å². The summed E-state index contributed by atoms with van der Waals surface area (Å²) in [4.78, 5) is 13.3. The van der Waals surface area contributed by atoms with Gasteiger partial charge in [0.25, 0.3) is 0 Å². The minimum absolute atomic E-state index is 0.0783. The first kappa shape index (κ1) is 27.7. The van der Waals surface area contributed by atoms with Crippen molar-refractivity contribution in [2.75, 3.05) is 26.9 Å². The van der Waals surface area contributed by atoms with Crippen molar-refractivity contribution in [3.8, 4) is 28.1 Å². The maximum absolute atomic E-state index is 14.6. The van der Waals surface area contributed by atoms with Gasteiger partial charge in [0, 0.05) is 44.8 Å². The van der Waals surface area contributed by atoms with E-state index in [4.69, 9.17) is 23.9 Å². The molecule has 0 bridgehead atoms. The first-order valence-electron chi connectivity index (χ1n) is 12.5. The third-order valence-electron chi connectivity index (χ3n) is 6.92. The highest BCUT2D eigenvalue weighted by Gasteiger charge is 2.35. The molecule has 208 valence electrons. The molecule has 0 aliphatic carbocycles. The number of carbonyl (C=O) groups excluding carboxylic acids is 1. The first-order chi connectivity index (χ1) is 19.2. The normalized spacial score (nSPS) is 15.1. The number of methoxy groups -OCH3 is 1. The van der Waals surface area contributed by atoms with Gasteiger partial charge in [0.2, 0.25) is 21.6 Å². The molecule has 0 saturated carbocycles. The van der Waals surface area contributed by atoms with Gasteiger partial charge in [-0.2, -0.15) is 0 Å². The monoisotopic (exact) mass is 566 g/mol. The molecule has 40 heavy (non-hydrogen) atoms. The van der Waals surface area contributed by atoms with E-state index < -0.39 is 33.8 Å². The topological polar surface area (TPSA) is 131 Å². The van der Waals surface area contributed by atoms with E-state index in [2.05, 4.69) is 5.16 Å². The van der Waals surface area contributed by atoms with Gasteiger partial charge in [-0.3, -0.25) is 4.79 Å². The Morgan fingerprint density at radius 2 is 1.73 bits per heavy atom. The summed E-state index contributed by atoms with van der Waals surface area (Å²) in [5.41, 5.74) is 1.82. The molecule has 1 aromatic heterocycles. The number of aromatic nitrogens is 1. The summed E-state index contributed by atoms with van der Waals surface area (Å²) in [5.74, 6) is -0.993. The number of rotatable bonds is 9. The molecule has 0 atom stereocenters. The lowest BCUT2D eigenvalue weighted by Gasteiger charge is -2.36. The lowest BCUT2D eigenvalue weighted by Crippen LogP contribution is -2.35. The van der Waals surface area contributed by atoms with Crippen LogP contribution in [0.25, 0.3) is 22.4 Å². The molecule has 0 radical (unpaired) electrons. The zero-order valence-corrected chi connectivity index (χ0v) is 22.4. The van der Waals surface area contributed by atoms with E-state index in [0.29, 0.717) is 54.0 Å². The van der Waals surface area contributed by atoms with Gasteiger partial charge in [0.15, 0.2) is 6.61 Å². The van der Waals surface area contributed by atoms with E-state index in [0.717, 1.165) is 0 Å². The van der Waals surface area contributed by atoms with Crippen LogP contribution in [0.3, 0.4) is 0 Å². The van der Waals surface area contributed by atoms with Crippen molar-refractivity contribution in [1.29, 1.82) is 0 Å². The predicted molar refractivity (Wildman–Crippen MR) is 144 cm³/mol. The Kier molecular flexibility index (Phi) is 7.81. The predicted octanol–water partition coefficient (Wildman–Crippen LogP) is 4.71. The van der Waals surface area contributed by atoms with Crippen LogP contribution in [0.5, 0.6) is 5.75 Å². The lowest BCUT2D eigenvalue weighted by molar-refractivity contribution is -0.0950. The number of nitrogens with two attached hydrogens (primary N) is 1. The second-order valence-electron chi connectivity index (χ2n) is 9.37. The fraction of sp³-hybridized carbons (Fsp3) is 0.241. The Labute approximate surface area is 230 Å². The average molecular weight is 567 g/mol. The van der Waals surface area contributed by atoms with Gasteiger partial charge in [-0.1, -0.05) is 47.6 Å². The number of halogens is 1. The summed E-state index contributed by atoms with van der Waals surface area (Å²) in [6, 6.07) is 19.1. The number of carbonyl (C=O) groups is 1. The highest BCUT2D eigenvalue weighted by Crippen LogP contribution is 2.38. The van der Waals surface area contributed by atoms with E-state index in [1.807, 2.05) is 18.2 Å². The SMILES string of the molecule is COC1(c2cc(F)cc(OCC(=O)c3onc(-c4ccccc4)c3-c3ccc(S(N)(=O)=O)cc3)c2)CCOCC1. The highest BCUT2D eigenvalue weighted by atomic mass is 32.2. The number of Topliss-reactive ketones (excluding diaryl/α,β-unsaturated/α-hetero) is 1. The summed E-state index contributed by atoms with van der Waals surface area (Å²) in [6.45, 7) is 0.502. The largest absolute Gasteiger partial charge is 0.485 e. The minimum atomic E-state index is -3.91. The number of primary sulfonamides is 1. The zero-order chi connectivity index (χ0) is 28.3. The van der Waals surface area contributed by atoms with Crippen LogP contribution in [0.1, 0.15) is 29.0 Å². The molecule has 0 amide bonds. The Hall–Kier alpha value is -3.90. The Morgan fingerprint density at radius 3 is 2.38 bits per heavy atom. The van der Waals surface area contributed by atoms with Crippen LogP contribution < -0.4 is 9.88 Å². The third kappa shape index (κ3) is 5.68. The van der Waals surface area contributed by atoms with Gasteiger partial charge >= 0.3 is 0 Å².